The molecule has 4 atom stereocenters. The average Bonchev–Trinajstić information content (AvgIpc) is 3.32. The summed E-state index contributed by atoms with van der Waals surface area (Å²) in [5.74, 6) is -2.70. The van der Waals surface area contributed by atoms with Crippen LogP contribution < -0.4 is 21.3 Å². The van der Waals surface area contributed by atoms with Gasteiger partial charge in [-0.2, -0.15) is 12.6 Å². The predicted octanol–water partition coefficient (Wildman–Crippen LogP) is 0.202. The van der Waals surface area contributed by atoms with Crippen molar-refractivity contribution in [1.29, 1.82) is 0 Å². The first kappa shape index (κ1) is 27.5. The van der Waals surface area contributed by atoms with E-state index in [-0.39, 0.29) is 35.8 Å². The third kappa shape index (κ3) is 8.53. The van der Waals surface area contributed by atoms with Gasteiger partial charge in [0.2, 0.25) is 17.7 Å². The number of carboxylic acids is 1. The number of rotatable bonds is 12. The minimum atomic E-state index is -1.24. The van der Waals surface area contributed by atoms with E-state index < -0.39 is 35.9 Å². The fraction of sp³-hybridized carbons (Fsp3) is 0.565. The summed E-state index contributed by atoms with van der Waals surface area (Å²) in [5, 5.41) is 29.7. The lowest BCUT2D eigenvalue weighted by Gasteiger charge is -2.26. The molecule has 4 unspecified atom stereocenters. The van der Waals surface area contributed by atoms with Crippen molar-refractivity contribution in [2.45, 2.75) is 63.7 Å². The van der Waals surface area contributed by atoms with E-state index in [1.807, 2.05) is 13.8 Å². The molecule has 188 valence electrons. The second-order valence-corrected chi connectivity index (χ2v) is 9.22. The number of phenols is 1. The zero-order valence-corrected chi connectivity index (χ0v) is 20.3. The number of hydrogen-bond donors (Lipinski definition) is 7. The summed E-state index contributed by atoms with van der Waals surface area (Å²) < 4.78 is 0. The molecule has 1 fully saturated rings. The quantitative estimate of drug-likeness (QED) is 0.205. The van der Waals surface area contributed by atoms with Crippen LogP contribution in [0.5, 0.6) is 5.75 Å². The summed E-state index contributed by atoms with van der Waals surface area (Å²) in [6.07, 6.45) is 1.99. The molecular formula is C23H34N4O6S. The van der Waals surface area contributed by atoms with Crippen LogP contribution in [0.2, 0.25) is 0 Å². The van der Waals surface area contributed by atoms with Gasteiger partial charge in [0.1, 0.15) is 23.9 Å². The lowest BCUT2D eigenvalue weighted by Crippen LogP contribution is -2.58. The van der Waals surface area contributed by atoms with Gasteiger partial charge < -0.3 is 31.5 Å². The number of carbonyl (C=O) groups excluding carboxylic acids is 3. The monoisotopic (exact) mass is 494 g/mol. The van der Waals surface area contributed by atoms with Gasteiger partial charge in [0.25, 0.3) is 0 Å². The lowest BCUT2D eigenvalue weighted by atomic mass is 10.0. The number of hydrogen-bond acceptors (Lipinski definition) is 7. The average molecular weight is 495 g/mol. The maximum absolute atomic E-state index is 13.2. The first-order valence-corrected chi connectivity index (χ1v) is 12.0. The predicted molar refractivity (Wildman–Crippen MR) is 130 cm³/mol. The van der Waals surface area contributed by atoms with Crippen LogP contribution in [-0.2, 0) is 25.6 Å². The van der Waals surface area contributed by atoms with Crippen LogP contribution in [0.1, 0.15) is 38.7 Å². The van der Waals surface area contributed by atoms with Gasteiger partial charge in [0, 0.05) is 12.2 Å². The van der Waals surface area contributed by atoms with Gasteiger partial charge in [0.05, 0.1) is 6.04 Å². The number of thiol groups is 1. The standard InChI is InChI=1S/C23H34N4O6S/c1-13(2)10-17(25-20(29)16-4-3-9-24-16)21(30)26-18(11-14-5-7-15(28)8-6-14)22(31)27-19(12-34)23(32)33/h5-8,13,16-19,24,28,34H,3-4,9-12H2,1-2H3,(H,25,29)(H,26,30)(H,27,31)(H,32,33). The molecule has 3 amide bonds. The van der Waals surface area contributed by atoms with Crippen molar-refractivity contribution in [3.05, 3.63) is 29.8 Å². The highest BCUT2D eigenvalue weighted by atomic mass is 32.1. The zero-order chi connectivity index (χ0) is 25.3. The van der Waals surface area contributed by atoms with Crippen molar-refractivity contribution in [1.82, 2.24) is 21.3 Å². The minimum Gasteiger partial charge on any atom is -0.508 e. The normalized spacial score (nSPS) is 18.1. The van der Waals surface area contributed by atoms with Gasteiger partial charge in [-0.3, -0.25) is 14.4 Å². The van der Waals surface area contributed by atoms with Crippen molar-refractivity contribution in [3.8, 4) is 5.75 Å². The summed E-state index contributed by atoms with van der Waals surface area (Å²) in [4.78, 5) is 50.1. The summed E-state index contributed by atoms with van der Waals surface area (Å²) >= 11 is 3.96. The molecule has 1 heterocycles. The van der Waals surface area contributed by atoms with Gasteiger partial charge in [-0.1, -0.05) is 26.0 Å². The van der Waals surface area contributed by atoms with Crippen LogP contribution in [0.3, 0.4) is 0 Å². The van der Waals surface area contributed by atoms with E-state index in [9.17, 15) is 29.4 Å². The molecule has 0 radical (unpaired) electrons. The number of carbonyl (C=O) groups is 4. The second-order valence-electron chi connectivity index (χ2n) is 8.85. The molecule has 0 bridgehead atoms. The highest BCUT2D eigenvalue weighted by Gasteiger charge is 2.31. The number of nitrogens with one attached hydrogen (secondary N) is 4. The van der Waals surface area contributed by atoms with E-state index in [2.05, 4.69) is 33.9 Å². The molecule has 1 aliphatic rings. The van der Waals surface area contributed by atoms with Crippen LogP contribution in [0.25, 0.3) is 0 Å². The molecule has 6 N–H and O–H groups in total. The molecule has 0 aromatic heterocycles. The maximum atomic E-state index is 13.2. The molecule has 0 aliphatic carbocycles. The fourth-order valence-electron chi connectivity index (χ4n) is 3.69. The lowest BCUT2D eigenvalue weighted by molar-refractivity contribution is -0.141. The third-order valence-electron chi connectivity index (χ3n) is 5.52. The van der Waals surface area contributed by atoms with Gasteiger partial charge in [-0.05, 0) is 49.4 Å². The fourth-order valence-corrected chi connectivity index (χ4v) is 3.94. The van der Waals surface area contributed by atoms with E-state index in [0.717, 1.165) is 13.0 Å². The van der Waals surface area contributed by atoms with E-state index in [0.29, 0.717) is 18.4 Å². The first-order valence-electron chi connectivity index (χ1n) is 11.4. The Morgan fingerprint density at radius 1 is 1.03 bits per heavy atom. The van der Waals surface area contributed by atoms with Gasteiger partial charge in [0.15, 0.2) is 0 Å². The van der Waals surface area contributed by atoms with E-state index in [4.69, 9.17) is 0 Å². The van der Waals surface area contributed by atoms with Crippen LogP contribution in [0.4, 0.5) is 0 Å². The molecule has 10 nitrogen and oxygen atoms in total. The SMILES string of the molecule is CC(C)CC(NC(=O)C1CCCN1)C(=O)NC(Cc1ccc(O)cc1)C(=O)NC(CS)C(=O)O. The van der Waals surface area contributed by atoms with Gasteiger partial charge in [-0.15, -0.1) is 0 Å². The summed E-state index contributed by atoms with van der Waals surface area (Å²) in [5.41, 5.74) is 0.649. The van der Waals surface area contributed by atoms with E-state index in [1.165, 1.54) is 12.1 Å². The Morgan fingerprint density at radius 3 is 2.18 bits per heavy atom. The van der Waals surface area contributed by atoms with Crippen molar-refractivity contribution in [3.63, 3.8) is 0 Å². The number of aromatic hydroxyl groups is 1. The number of amides is 3. The number of phenolic OH excluding ortho intramolecular Hbond substituents is 1. The van der Waals surface area contributed by atoms with Gasteiger partial charge in [-0.25, -0.2) is 4.79 Å². The first-order chi connectivity index (χ1) is 16.1. The number of aliphatic carboxylic acids is 1. The summed E-state index contributed by atoms with van der Waals surface area (Å²) in [6, 6.07) is 2.58. The van der Waals surface area contributed by atoms with Crippen LogP contribution in [-0.4, -0.2) is 70.4 Å². The highest BCUT2D eigenvalue weighted by molar-refractivity contribution is 7.80. The Morgan fingerprint density at radius 2 is 1.65 bits per heavy atom. The molecule has 1 saturated heterocycles. The second kappa shape index (κ2) is 13.2. The molecular weight excluding hydrogens is 460 g/mol. The molecule has 0 saturated carbocycles. The molecule has 1 aromatic rings. The molecule has 34 heavy (non-hydrogen) atoms. The topological polar surface area (TPSA) is 157 Å². The molecule has 1 aliphatic heterocycles. The van der Waals surface area contributed by atoms with Crippen LogP contribution in [0, 0.1) is 5.92 Å². The molecule has 1 aromatic carbocycles. The number of carboxylic acid groups (broad SMARTS) is 1. The van der Waals surface area contributed by atoms with Crippen molar-refractivity contribution >= 4 is 36.3 Å². The van der Waals surface area contributed by atoms with E-state index >= 15 is 0 Å². The summed E-state index contributed by atoms with van der Waals surface area (Å²) in [7, 11) is 0. The molecule has 0 spiro atoms. The Balaban J connectivity index is 2.19. The minimum absolute atomic E-state index is 0.0510. The highest BCUT2D eigenvalue weighted by Crippen LogP contribution is 2.13. The molecule has 2 rings (SSSR count). The maximum Gasteiger partial charge on any atom is 0.327 e. The Labute approximate surface area is 204 Å². The van der Waals surface area contributed by atoms with Crippen molar-refractivity contribution < 1.29 is 29.4 Å². The van der Waals surface area contributed by atoms with Crippen molar-refractivity contribution in [2.24, 2.45) is 5.92 Å². The van der Waals surface area contributed by atoms with Crippen LogP contribution in [0.15, 0.2) is 24.3 Å². The third-order valence-corrected chi connectivity index (χ3v) is 5.89. The smallest absolute Gasteiger partial charge is 0.327 e. The Bertz CT molecular complexity index is 858. The van der Waals surface area contributed by atoms with Gasteiger partial charge >= 0.3 is 5.97 Å². The summed E-state index contributed by atoms with van der Waals surface area (Å²) in [6.45, 7) is 4.58. The largest absolute Gasteiger partial charge is 0.508 e. The zero-order valence-electron chi connectivity index (χ0n) is 19.4. The molecule has 11 heteroatoms. The Hall–Kier alpha value is -2.79. The van der Waals surface area contributed by atoms with E-state index in [1.54, 1.807) is 12.1 Å². The number of benzene rings is 1. The van der Waals surface area contributed by atoms with Crippen LogP contribution >= 0.6 is 12.6 Å². The Kier molecular flexibility index (Phi) is 10.6. The van der Waals surface area contributed by atoms with Crippen molar-refractivity contribution in [2.75, 3.05) is 12.3 Å².